The largest absolute Gasteiger partial charge is 0.352 e. The fraction of sp³-hybridized carbons (Fsp3) is 0.529. The van der Waals surface area contributed by atoms with Crippen molar-refractivity contribution in [1.29, 1.82) is 0 Å². The quantitative estimate of drug-likeness (QED) is 0.931. The predicted octanol–water partition coefficient (Wildman–Crippen LogP) is 2.54. The van der Waals surface area contributed by atoms with Crippen molar-refractivity contribution in [2.45, 2.75) is 27.3 Å². The van der Waals surface area contributed by atoms with Gasteiger partial charge in [-0.1, -0.05) is 32.9 Å². The molecule has 1 aliphatic heterocycles. The minimum atomic E-state index is -0.387. The van der Waals surface area contributed by atoms with Gasteiger partial charge in [-0.25, -0.2) is 0 Å². The Kier molecular flexibility index (Phi) is 5.51. The van der Waals surface area contributed by atoms with Crippen LogP contribution < -0.4 is 5.32 Å². The molecule has 0 bridgehead atoms. The lowest BCUT2D eigenvalue weighted by Gasteiger charge is -2.26. The molecular weight excluding hydrogens is 296 g/mol. The molecule has 0 radical (unpaired) electrons. The zero-order valence-electron chi connectivity index (χ0n) is 13.5. The van der Waals surface area contributed by atoms with Crippen molar-refractivity contribution in [3.05, 3.63) is 35.4 Å². The summed E-state index contributed by atoms with van der Waals surface area (Å²) in [6.45, 7) is 7.81. The first kappa shape index (κ1) is 16.9. The molecule has 4 nitrogen and oxygen atoms in total. The van der Waals surface area contributed by atoms with E-state index in [9.17, 15) is 9.59 Å². The van der Waals surface area contributed by atoms with Crippen LogP contribution in [0.15, 0.2) is 24.3 Å². The molecule has 1 N–H and O–H groups in total. The molecule has 0 spiro atoms. The predicted molar refractivity (Wildman–Crippen MR) is 91.0 cm³/mol. The van der Waals surface area contributed by atoms with Gasteiger partial charge in [-0.15, -0.1) is 0 Å². The van der Waals surface area contributed by atoms with E-state index in [0.717, 1.165) is 35.7 Å². The average Bonchev–Trinajstić information content (AvgIpc) is 2.52. The Labute approximate surface area is 136 Å². The maximum atomic E-state index is 12.4. The molecule has 120 valence electrons. The van der Waals surface area contributed by atoms with E-state index in [0.29, 0.717) is 6.54 Å². The van der Waals surface area contributed by atoms with Crippen LogP contribution in [-0.4, -0.2) is 41.3 Å². The van der Waals surface area contributed by atoms with Crippen molar-refractivity contribution < 1.29 is 9.59 Å². The monoisotopic (exact) mass is 320 g/mol. The molecule has 5 heteroatoms. The highest BCUT2D eigenvalue weighted by Gasteiger charge is 2.21. The van der Waals surface area contributed by atoms with Crippen LogP contribution in [0, 0.1) is 5.41 Å². The summed E-state index contributed by atoms with van der Waals surface area (Å²) in [5, 5.41) is 2.91. The molecule has 0 unspecified atom stereocenters. The Hall–Kier alpha value is -1.49. The van der Waals surface area contributed by atoms with Crippen LogP contribution in [0.1, 0.15) is 36.7 Å². The van der Waals surface area contributed by atoms with Gasteiger partial charge >= 0.3 is 0 Å². The van der Waals surface area contributed by atoms with Gasteiger partial charge in [0.05, 0.1) is 0 Å². The van der Waals surface area contributed by atoms with E-state index in [4.69, 9.17) is 0 Å². The van der Waals surface area contributed by atoms with Crippen molar-refractivity contribution in [2.75, 3.05) is 24.6 Å². The molecule has 1 aromatic carbocycles. The Balaban J connectivity index is 1.92. The van der Waals surface area contributed by atoms with E-state index in [1.54, 1.807) is 0 Å². The number of amides is 2. The van der Waals surface area contributed by atoms with Gasteiger partial charge in [0.25, 0.3) is 5.91 Å². The lowest BCUT2D eigenvalue weighted by molar-refractivity contribution is -0.128. The first-order valence-electron chi connectivity index (χ1n) is 7.62. The molecule has 1 aliphatic rings. The number of carbonyl (C=O) groups is 2. The number of hydrogen-bond acceptors (Lipinski definition) is 3. The molecule has 1 saturated heterocycles. The van der Waals surface area contributed by atoms with Gasteiger partial charge in [-0.05, 0) is 17.7 Å². The standard InChI is InChI=1S/C17H24N2O2S/c1-17(2,3)16(21)18-12-13-4-6-14(7-5-13)15(20)19-8-10-22-11-9-19/h4-7H,8-12H2,1-3H3,(H,18,21). The molecule has 22 heavy (non-hydrogen) atoms. The number of rotatable bonds is 3. The van der Waals surface area contributed by atoms with E-state index in [2.05, 4.69) is 5.32 Å². The maximum absolute atomic E-state index is 12.4. The Morgan fingerprint density at radius 2 is 1.73 bits per heavy atom. The lowest BCUT2D eigenvalue weighted by atomic mass is 9.95. The fourth-order valence-electron chi connectivity index (χ4n) is 2.16. The Morgan fingerprint density at radius 3 is 2.27 bits per heavy atom. The number of carbonyl (C=O) groups excluding carboxylic acids is 2. The third-order valence-corrected chi connectivity index (χ3v) is 4.58. The summed E-state index contributed by atoms with van der Waals surface area (Å²) in [6, 6.07) is 7.52. The second-order valence-corrected chi connectivity index (χ2v) is 7.76. The van der Waals surface area contributed by atoms with Crippen molar-refractivity contribution in [1.82, 2.24) is 10.2 Å². The summed E-state index contributed by atoms with van der Waals surface area (Å²) in [7, 11) is 0. The summed E-state index contributed by atoms with van der Waals surface area (Å²) in [5.74, 6) is 2.16. The van der Waals surface area contributed by atoms with E-state index >= 15 is 0 Å². The number of hydrogen-bond donors (Lipinski definition) is 1. The summed E-state index contributed by atoms with van der Waals surface area (Å²) in [6.07, 6.45) is 0. The number of thioether (sulfide) groups is 1. The summed E-state index contributed by atoms with van der Waals surface area (Å²) < 4.78 is 0. The molecular formula is C17H24N2O2S. The first-order valence-corrected chi connectivity index (χ1v) is 8.77. The van der Waals surface area contributed by atoms with Crippen LogP contribution in [0.2, 0.25) is 0 Å². The minimum Gasteiger partial charge on any atom is -0.352 e. The van der Waals surface area contributed by atoms with Crippen LogP contribution in [0.25, 0.3) is 0 Å². The Morgan fingerprint density at radius 1 is 1.14 bits per heavy atom. The molecule has 2 amide bonds. The van der Waals surface area contributed by atoms with Crippen LogP contribution in [0.5, 0.6) is 0 Å². The van der Waals surface area contributed by atoms with Crippen LogP contribution >= 0.6 is 11.8 Å². The molecule has 0 saturated carbocycles. The molecule has 2 rings (SSSR count). The summed E-state index contributed by atoms with van der Waals surface area (Å²) in [4.78, 5) is 26.1. The van der Waals surface area contributed by atoms with Gasteiger partial charge in [-0.3, -0.25) is 9.59 Å². The SMILES string of the molecule is CC(C)(C)C(=O)NCc1ccc(C(=O)N2CCSCC2)cc1. The molecule has 0 aliphatic carbocycles. The second kappa shape index (κ2) is 7.18. The van der Waals surface area contributed by atoms with Gasteiger partial charge in [0, 0.05) is 42.1 Å². The van der Waals surface area contributed by atoms with Crippen molar-refractivity contribution in [3.63, 3.8) is 0 Å². The highest BCUT2D eigenvalue weighted by atomic mass is 32.2. The van der Waals surface area contributed by atoms with Crippen molar-refractivity contribution >= 4 is 23.6 Å². The highest BCUT2D eigenvalue weighted by molar-refractivity contribution is 7.99. The van der Waals surface area contributed by atoms with Gasteiger partial charge < -0.3 is 10.2 Å². The second-order valence-electron chi connectivity index (χ2n) is 6.53. The zero-order valence-corrected chi connectivity index (χ0v) is 14.3. The summed E-state index contributed by atoms with van der Waals surface area (Å²) in [5.41, 5.74) is 1.34. The first-order chi connectivity index (χ1) is 10.4. The smallest absolute Gasteiger partial charge is 0.253 e. The average molecular weight is 320 g/mol. The third kappa shape index (κ3) is 4.50. The molecule has 1 aromatic rings. The van der Waals surface area contributed by atoms with Gasteiger partial charge in [0.1, 0.15) is 0 Å². The van der Waals surface area contributed by atoms with Crippen molar-refractivity contribution in [3.8, 4) is 0 Å². The minimum absolute atomic E-state index is 0.0264. The maximum Gasteiger partial charge on any atom is 0.253 e. The molecule has 0 atom stereocenters. The molecule has 1 heterocycles. The molecule has 1 fully saturated rings. The third-order valence-electron chi connectivity index (χ3n) is 3.63. The highest BCUT2D eigenvalue weighted by Crippen LogP contribution is 2.15. The van der Waals surface area contributed by atoms with E-state index in [1.165, 1.54) is 0 Å². The van der Waals surface area contributed by atoms with E-state index in [-0.39, 0.29) is 17.2 Å². The van der Waals surface area contributed by atoms with E-state index in [1.807, 2.05) is 61.7 Å². The zero-order chi connectivity index (χ0) is 16.2. The summed E-state index contributed by atoms with van der Waals surface area (Å²) >= 11 is 1.89. The molecule has 0 aromatic heterocycles. The van der Waals surface area contributed by atoms with Crippen LogP contribution in [0.4, 0.5) is 0 Å². The van der Waals surface area contributed by atoms with Gasteiger partial charge in [-0.2, -0.15) is 11.8 Å². The van der Waals surface area contributed by atoms with Gasteiger partial charge in [0.15, 0.2) is 0 Å². The van der Waals surface area contributed by atoms with E-state index < -0.39 is 0 Å². The number of benzene rings is 1. The van der Waals surface area contributed by atoms with Crippen LogP contribution in [0.3, 0.4) is 0 Å². The lowest BCUT2D eigenvalue weighted by Crippen LogP contribution is -2.37. The fourth-order valence-corrected chi connectivity index (χ4v) is 3.06. The normalized spacial score (nSPS) is 15.5. The number of nitrogens with one attached hydrogen (secondary N) is 1. The topological polar surface area (TPSA) is 49.4 Å². The van der Waals surface area contributed by atoms with Crippen molar-refractivity contribution in [2.24, 2.45) is 5.41 Å². The van der Waals surface area contributed by atoms with Crippen LogP contribution in [-0.2, 0) is 11.3 Å². The van der Waals surface area contributed by atoms with Gasteiger partial charge in [0.2, 0.25) is 5.91 Å². The number of nitrogens with zero attached hydrogens (tertiary/aromatic N) is 1. The Bertz CT molecular complexity index is 529.